The van der Waals surface area contributed by atoms with E-state index in [-0.39, 0.29) is 23.7 Å². The molecular weight excluding hydrogens is 374 g/mol. The highest BCUT2D eigenvalue weighted by molar-refractivity contribution is 5.92. The third kappa shape index (κ3) is 5.34. The van der Waals surface area contributed by atoms with Gasteiger partial charge in [0.2, 0.25) is 0 Å². The molecule has 2 N–H and O–H groups in total. The van der Waals surface area contributed by atoms with Crippen LogP contribution in [0.15, 0.2) is 36.7 Å². The van der Waals surface area contributed by atoms with E-state index in [0.29, 0.717) is 44.1 Å². The van der Waals surface area contributed by atoms with Crippen molar-refractivity contribution in [3.63, 3.8) is 0 Å². The fraction of sp³-hybridized carbons (Fsp3) is 0.400. The SMILES string of the molecule is CCOC(=O)N1CCC(NC(=O)c2cnc(Nc3ccccc3OC)cn2)CC1. The number of hydrogen-bond acceptors (Lipinski definition) is 7. The first kappa shape index (κ1) is 20.4. The Hall–Kier alpha value is -3.36. The first-order valence-electron chi connectivity index (χ1n) is 9.55. The van der Waals surface area contributed by atoms with E-state index in [9.17, 15) is 9.59 Å². The van der Waals surface area contributed by atoms with Gasteiger partial charge >= 0.3 is 6.09 Å². The minimum Gasteiger partial charge on any atom is -0.495 e. The highest BCUT2D eigenvalue weighted by atomic mass is 16.6. The first-order valence-corrected chi connectivity index (χ1v) is 9.55. The molecule has 0 radical (unpaired) electrons. The Balaban J connectivity index is 1.52. The lowest BCUT2D eigenvalue weighted by Gasteiger charge is -2.31. The average molecular weight is 399 g/mol. The predicted molar refractivity (Wildman–Crippen MR) is 107 cm³/mol. The Kier molecular flexibility index (Phi) is 6.83. The molecule has 1 aliphatic heterocycles. The second-order valence-corrected chi connectivity index (χ2v) is 6.55. The van der Waals surface area contributed by atoms with Crippen molar-refractivity contribution in [2.75, 3.05) is 32.1 Å². The second kappa shape index (κ2) is 9.72. The van der Waals surface area contributed by atoms with Gasteiger partial charge in [0.25, 0.3) is 5.91 Å². The maximum Gasteiger partial charge on any atom is 0.409 e. The highest BCUT2D eigenvalue weighted by Crippen LogP contribution is 2.25. The molecule has 9 nitrogen and oxygen atoms in total. The van der Waals surface area contributed by atoms with Gasteiger partial charge in [-0.3, -0.25) is 4.79 Å². The summed E-state index contributed by atoms with van der Waals surface area (Å²) in [5.74, 6) is 0.912. The lowest BCUT2D eigenvalue weighted by atomic mass is 10.1. The number of ether oxygens (including phenoxy) is 2. The van der Waals surface area contributed by atoms with Crippen LogP contribution in [0.5, 0.6) is 5.75 Å². The second-order valence-electron chi connectivity index (χ2n) is 6.55. The van der Waals surface area contributed by atoms with Crippen LogP contribution in [0, 0.1) is 0 Å². The number of rotatable bonds is 6. The number of hydrogen-bond donors (Lipinski definition) is 2. The van der Waals surface area contributed by atoms with Crippen LogP contribution >= 0.6 is 0 Å². The predicted octanol–water partition coefficient (Wildman–Crippen LogP) is 2.58. The van der Waals surface area contributed by atoms with Gasteiger partial charge in [0.1, 0.15) is 17.3 Å². The van der Waals surface area contributed by atoms with Crippen molar-refractivity contribution in [3.8, 4) is 5.75 Å². The van der Waals surface area contributed by atoms with Gasteiger partial charge in [0.05, 0.1) is 31.8 Å². The van der Waals surface area contributed by atoms with Gasteiger partial charge in [-0.25, -0.2) is 14.8 Å². The number of likely N-dealkylation sites (tertiary alicyclic amines) is 1. The largest absolute Gasteiger partial charge is 0.495 e. The zero-order valence-electron chi connectivity index (χ0n) is 16.6. The normalized spacial score (nSPS) is 14.2. The molecule has 2 heterocycles. The lowest BCUT2D eigenvalue weighted by molar-refractivity contribution is 0.0856. The molecule has 0 atom stereocenters. The molecule has 1 fully saturated rings. The molecule has 0 saturated carbocycles. The van der Waals surface area contributed by atoms with Gasteiger partial charge < -0.3 is 25.0 Å². The number of nitrogens with one attached hydrogen (secondary N) is 2. The molecule has 9 heteroatoms. The third-order valence-electron chi connectivity index (χ3n) is 4.61. The summed E-state index contributed by atoms with van der Waals surface area (Å²) in [6.45, 7) is 3.24. The molecule has 1 saturated heterocycles. The van der Waals surface area contributed by atoms with Crippen LogP contribution in [-0.2, 0) is 4.74 Å². The first-order chi connectivity index (χ1) is 14.1. The van der Waals surface area contributed by atoms with E-state index in [1.54, 1.807) is 18.9 Å². The third-order valence-corrected chi connectivity index (χ3v) is 4.61. The Labute approximate surface area is 169 Å². The van der Waals surface area contributed by atoms with Crippen molar-refractivity contribution < 1.29 is 19.1 Å². The number of aromatic nitrogens is 2. The number of para-hydroxylation sites is 2. The van der Waals surface area contributed by atoms with Crippen LogP contribution in [-0.4, -0.2) is 59.7 Å². The minimum absolute atomic E-state index is 0.0126. The van der Waals surface area contributed by atoms with Crippen molar-refractivity contribution in [2.24, 2.45) is 0 Å². The van der Waals surface area contributed by atoms with E-state index in [1.165, 1.54) is 12.4 Å². The fourth-order valence-electron chi connectivity index (χ4n) is 3.08. The van der Waals surface area contributed by atoms with Crippen LogP contribution in [0.2, 0.25) is 0 Å². The van der Waals surface area contributed by atoms with Gasteiger partial charge in [-0.2, -0.15) is 0 Å². The molecule has 2 amide bonds. The van der Waals surface area contributed by atoms with Crippen molar-refractivity contribution >= 4 is 23.5 Å². The monoisotopic (exact) mass is 399 g/mol. The van der Waals surface area contributed by atoms with E-state index in [4.69, 9.17) is 9.47 Å². The molecule has 0 aliphatic carbocycles. The van der Waals surface area contributed by atoms with Gasteiger partial charge in [-0.15, -0.1) is 0 Å². The standard InChI is InChI=1S/C20H25N5O4/c1-3-29-20(27)25-10-8-14(9-11-25)23-19(26)16-12-22-18(13-21-16)24-15-6-4-5-7-17(15)28-2/h4-7,12-14H,3,8-11H2,1-2H3,(H,22,24)(H,23,26). The number of amides is 2. The molecule has 0 spiro atoms. The average Bonchev–Trinajstić information content (AvgIpc) is 2.75. The Morgan fingerprint density at radius 2 is 1.93 bits per heavy atom. The van der Waals surface area contributed by atoms with E-state index >= 15 is 0 Å². The summed E-state index contributed by atoms with van der Waals surface area (Å²) in [6, 6.07) is 7.45. The van der Waals surface area contributed by atoms with Gasteiger partial charge in [-0.1, -0.05) is 12.1 Å². The van der Waals surface area contributed by atoms with E-state index < -0.39 is 0 Å². The summed E-state index contributed by atoms with van der Waals surface area (Å²) >= 11 is 0. The van der Waals surface area contributed by atoms with Crippen molar-refractivity contribution in [2.45, 2.75) is 25.8 Å². The van der Waals surface area contributed by atoms with Gasteiger partial charge in [0.15, 0.2) is 0 Å². The number of piperidine rings is 1. The van der Waals surface area contributed by atoms with Crippen molar-refractivity contribution in [3.05, 3.63) is 42.4 Å². The number of nitrogens with zero attached hydrogens (tertiary/aromatic N) is 3. The highest BCUT2D eigenvalue weighted by Gasteiger charge is 2.25. The number of benzene rings is 1. The van der Waals surface area contributed by atoms with E-state index in [2.05, 4.69) is 20.6 Å². The van der Waals surface area contributed by atoms with Crippen molar-refractivity contribution in [1.29, 1.82) is 0 Å². The number of carbonyl (C=O) groups excluding carboxylic acids is 2. The Bertz CT molecular complexity index is 835. The Morgan fingerprint density at radius 3 is 2.59 bits per heavy atom. The summed E-state index contributed by atoms with van der Waals surface area (Å²) in [7, 11) is 1.59. The summed E-state index contributed by atoms with van der Waals surface area (Å²) in [4.78, 5) is 34.3. The zero-order valence-corrected chi connectivity index (χ0v) is 16.6. The van der Waals surface area contributed by atoms with Gasteiger partial charge in [-0.05, 0) is 31.9 Å². The molecule has 1 aliphatic rings. The molecule has 0 unspecified atom stereocenters. The van der Waals surface area contributed by atoms with E-state index in [0.717, 1.165) is 5.69 Å². The molecule has 1 aromatic heterocycles. The van der Waals surface area contributed by atoms with Gasteiger partial charge in [0, 0.05) is 19.1 Å². The summed E-state index contributed by atoms with van der Waals surface area (Å²) in [6.07, 6.45) is 3.98. The zero-order chi connectivity index (χ0) is 20.6. The molecule has 2 aromatic rings. The number of methoxy groups -OCH3 is 1. The maximum atomic E-state index is 12.4. The molecule has 154 valence electrons. The topological polar surface area (TPSA) is 106 Å². The van der Waals surface area contributed by atoms with Crippen LogP contribution in [0.3, 0.4) is 0 Å². The Morgan fingerprint density at radius 1 is 1.17 bits per heavy atom. The van der Waals surface area contributed by atoms with Crippen LogP contribution < -0.4 is 15.4 Å². The smallest absolute Gasteiger partial charge is 0.409 e. The summed E-state index contributed by atoms with van der Waals surface area (Å²) < 4.78 is 10.3. The molecule has 0 bridgehead atoms. The summed E-state index contributed by atoms with van der Waals surface area (Å²) in [5, 5.41) is 6.07. The van der Waals surface area contributed by atoms with Crippen LogP contribution in [0.4, 0.5) is 16.3 Å². The molecular formula is C20H25N5O4. The van der Waals surface area contributed by atoms with Crippen molar-refractivity contribution in [1.82, 2.24) is 20.2 Å². The number of anilines is 2. The fourth-order valence-corrected chi connectivity index (χ4v) is 3.08. The molecule has 3 rings (SSSR count). The lowest BCUT2D eigenvalue weighted by Crippen LogP contribution is -2.46. The number of carbonyl (C=O) groups is 2. The van der Waals surface area contributed by atoms with Crippen LogP contribution in [0.1, 0.15) is 30.3 Å². The molecule has 29 heavy (non-hydrogen) atoms. The van der Waals surface area contributed by atoms with Crippen LogP contribution in [0.25, 0.3) is 0 Å². The minimum atomic E-state index is -0.304. The molecule has 1 aromatic carbocycles. The maximum absolute atomic E-state index is 12.4. The quantitative estimate of drug-likeness (QED) is 0.769. The summed E-state index contributed by atoms with van der Waals surface area (Å²) in [5.41, 5.74) is 0.998. The van der Waals surface area contributed by atoms with E-state index in [1.807, 2.05) is 24.3 Å².